The van der Waals surface area contributed by atoms with Crippen molar-refractivity contribution >= 4 is 44.9 Å². The third-order valence-electron chi connectivity index (χ3n) is 6.37. The summed E-state index contributed by atoms with van der Waals surface area (Å²) in [5.74, 6) is -0.0395. The van der Waals surface area contributed by atoms with Gasteiger partial charge in [-0.3, -0.25) is 4.98 Å². The van der Waals surface area contributed by atoms with Crippen molar-refractivity contribution in [1.29, 1.82) is 0 Å². The van der Waals surface area contributed by atoms with Crippen LogP contribution in [0, 0.1) is 0 Å². The largest absolute Gasteiger partial charge is 0.506 e. The lowest BCUT2D eigenvalue weighted by Gasteiger charge is -2.10. The molecule has 0 aliphatic carbocycles. The Morgan fingerprint density at radius 1 is 0.884 bits per heavy atom. The molecular formula is C30H26Cl2N6O4S. The monoisotopic (exact) mass is 636 g/mol. The molecule has 2 heterocycles. The van der Waals surface area contributed by atoms with Crippen LogP contribution in [0.4, 0.5) is 10.5 Å². The topological polar surface area (TPSA) is 138 Å². The maximum Gasteiger partial charge on any atom is 0.319 e. The fourth-order valence-corrected chi connectivity index (χ4v) is 5.51. The van der Waals surface area contributed by atoms with E-state index < -0.39 is 16.1 Å². The zero-order valence-electron chi connectivity index (χ0n) is 22.5. The molecular weight excluding hydrogens is 611 g/mol. The zero-order valence-corrected chi connectivity index (χ0v) is 24.9. The van der Waals surface area contributed by atoms with E-state index in [1.165, 1.54) is 24.3 Å². The first-order valence-corrected chi connectivity index (χ1v) is 15.3. The molecule has 43 heavy (non-hydrogen) atoms. The summed E-state index contributed by atoms with van der Waals surface area (Å²) in [4.78, 5) is 16.6. The number of halogens is 2. The van der Waals surface area contributed by atoms with Crippen LogP contribution >= 0.6 is 23.2 Å². The Balaban J connectivity index is 1.19. The van der Waals surface area contributed by atoms with Crippen molar-refractivity contribution in [3.63, 3.8) is 0 Å². The maximum atomic E-state index is 12.4. The minimum atomic E-state index is -3.65. The number of anilines is 1. The van der Waals surface area contributed by atoms with Crippen molar-refractivity contribution in [3.8, 4) is 33.8 Å². The van der Waals surface area contributed by atoms with E-state index >= 15 is 0 Å². The minimum Gasteiger partial charge on any atom is -0.506 e. The molecule has 0 fully saturated rings. The van der Waals surface area contributed by atoms with Gasteiger partial charge in [0.1, 0.15) is 11.4 Å². The van der Waals surface area contributed by atoms with Gasteiger partial charge in [0.15, 0.2) is 0 Å². The number of carbonyl (C=O) groups is 1. The van der Waals surface area contributed by atoms with Crippen LogP contribution in [0.2, 0.25) is 10.0 Å². The lowest BCUT2D eigenvalue weighted by atomic mass is 10.0. The number of nitrogens with one attached hydrogen (secondary N) is 3. The van der Waals surface area contributed by atoms with Crippen LogP contribution in [0.3, 0.4) is 0 Å². The Hall–Kier alpha value is -4.42. The van der Waals surface area contributed by atoms with Crippen molar-refractivity contribution in [2.75, 3.05) is 18.4 Å². The predicted octanol–water partition coefficient (Wildman–Crippen LogP) is 6.10. The SMILES string of the molecule is O=C(NCCCNS(=O)(=O)c1ccc(Cl)cc1)Nc1ccc(-n2cc(-c3ccncc3)c(-c3ccc(Cl)c(O)c3)n2)cc1. The number of benzene rings is 3. The van der Waals surface area contributed by atoms with Crippen LogP contribution in [0.15, 0.2) is 102 Å². The van der Waals surface area contributed by atoms with E-state index in [0.717, 1.165) is 16.8 Å². The first kappa shape index (κ1) is 30.1. The lowest BCUT2D eigenvalue weighted by Crippen LogP contribution is -2.32. The fourth-order valence-electron chi connectivity index (χ4n) is 4.19. The number of urea groups is 1. The van der Waals surface area contributed by atoms with Crippen LogP contribution in [-0.4, -0.2) is 47.4 Å². The molecule has 0 spiro atoms. The molecule has 0 unspecified atom stereocenters. The number of phenols is 1. The summed E-state index contributed by atoms with van der Waals surface area (Å²) in [6, 6.07) is 21.3. The number of nitrogens with zero attached hydrogens (tertiary/aromatic N) is 3. The van der Waals surface area contributed by atoms with Crippen LogP contribution in [-0.2, 0) is 10.0 Å². The standard InChI is InChI=1S/C30H26Cl2N6O4S/c31-22-3-9-25(10-4-22)43(41,42)35-15-1-14-34-30(40)36-23-5-7-24(8-6-23)38-19-26(20-12-16-33-17-13-20)29(37-38)21-2-11-27(32)28(39)18-21/h2-13,16-19,35,39H,1,14-15H2,(H2,34,36,40). The van der Waals surface area contributed by atoms with Gasteiger partial charge in [0.05, 0.1) is 15.6 Å². The van der Waals surface area contributed by atoms with E-state index in [9.17, 15) is 18.3 Å². The van der Waals surface area contributed by atoms with E-state index in [4.69, 9.17) is 28.3 Å². The third-order valence-corrected chi connectivity index (χ3v) is 8.42. The minimum absolute atomic E-state index is 0.0395. The van der Waals surface area contributed by atoms with Crippen molar-refractivity contribution < 1.29 is 18.3 Å². The van der Waals surface area contributed by atoms with E-state index in [1.807, 2.05) is 30.5 Å². The van der Waals surface area contributed by atoms with Gasteiger partial charge in [0.2, 0.25) is 10.0 Å². The second kappa shape index (κ2) is 13.3. The lowest BCUT2D eigenvalue weighted by molar-refractivity contribution is 0.252. The Labute approximate surface area is 258 Å². The molecule has 0 aliphatic heterocycles. The number of amides is 2. The van der Waals surface area contributed by atoms with Gasteiger partial charge in [-0.05, 0) is 84.8 Å². The Morgan fingerprint density at radius 2 is 1.60 bits per heavy atom. The molecule has 0 saturated carbocycles. The Kier molecular flexibility index (Phi) is 9.27. The molecule has 3 aromatic carbocycles. The quantitative estimate of drug-likeness (QED) is 0.137. The van der Waals surface area contributed by atoms with Gasteiger partial charge in [-0.2, -0.15) is 5.10 Å². The number of rotatable bonds is 10. The number of phenolic OH excluding ortho intramolecular Hbond substituents is 1. The van der Waals surface area contributed by atoms with Gasteiger partial charge in [0, 0.05) is 53.5 Å². The summed E-state index contributed by atoms with van der Waals surface area (Å²) >= 11 is 11.8. The third kappa shape index (κ3) is 7.51. The van der Waals surface area contributed by atoms with Crippen LogP contribution < -0.4 is 15.4 Å². The highest BCUT2D eigenvalue weighted by Crippen LogP contribution is 2.35. The molecule has 0 atom stereocenters. The molecule has 13 heteroatoms. The van der Waals surface area contributed by atoms with Gasteiger partial charge in [0.25, 0.3) is 0 Å². The molecule has 0 saturated heterocycles. The molecule has 10 nitrogen and oxygen atoms in total. The number of hydrogen-bond acceptors (Lipinski definition) is 6. The summed E-state index contributed by atoms with van der Waals surface area (Å²) in [5.41, 5.74) is 4.39. The number of carbonyl (C=O) groups excluding carboxylic acids is 1. The van der Waals surface area contributed by atoms with E-state index in [-0.39, 0.29) is 28.8 Å². The molecule has 2 aromatic heterocycles. The zero-order chi connectivity index (χ0) is 30.4. The second-order valence-corrected chi connectivity index (χ2v) is 12.0. The van der Waals surface area contributed by atoms with Gasteiger partial charge in [-0.1, -0.05) is 29.3 Å². The second-order valence-electron chi connectivity index (χ2n) is 9.37. The highest BCUT2D eigenvalue weighted by Gasteiger charge is 2.16. The number of pyridine rings is 1. The van der Waals surface area contributed by atoms with E-state index in [1.54, 1.807) is 47.4 Å². The molecule has 5 aromatic rings. The van der Waals surface area contributed by atoms with Crippen molar-refractivity contribution in [2.45, 2.75) is 11.3 Å². The first-order chi connectivity index (χ1) is 20.7. The Bertz CT molecular complexity index is 1830. The van der Waals surface area contributed by atoms with Crippen molar-refractivity contribution in [2.24, 2.45) is 0 Å². The van der Waals surface area contributed by atoms with E-state index in [0.29, 0.717) is 28.4 Å². The number of sulfonamides is 1. The summed E-state index contributed by atoms with van der Waals surface area (Å²) in [7, 11) is -3.65. The molecule has 2 amide bonds. The van der Waals surface area contributed by atoms with Crippen molar-refractivity contribution in [1.82, 2.24) is 24.8 Å². The average Bonchev–Trinajstić information content (AvgIpc) is 3.45. The fraction of sp³-hybridized carbons (Fsp3) is 0.100. The smallest absolute Gasteiger partial charge is 0.319 e. The average molecular weight is 638 g/mol. The number of hydrogen-bond donors (Lipinski definition) is 4. The molecule has 4 N–H and O–H groups in total. The van der Waals surface area contributed by atoms with Crippen molar-refractivity contribution in [3.05, 3.63) is 107 Å². The molecule has 0 bridgehead atoms. The molecule has 0 aliphatic rings. The maximum absolute atomic E-state index is 12.4. The van der Waals surface area contributed by atoms with Crippen LogP contribution in [0.1, 0.15) is 6.42 Å². The van der Waals surface area contributed by atoms with Gasteiger partial charge < -0.3 is 15.7 Å². The summed E-state index contributed by atoms with van der Waals surface area (Å²) in [6.45, 7) is 0.421. The van der Waals surface area contributed by atoms with Gasteiger partial charge in [-0.25, -0.2) is 22.6 Å². The highest BCUT2D eigenvalue weighted by molar-refractivity contribution is 7.89. The predicted molar refractivity (Wildman–Crippen MR) is 167 cm³/mol. The Morgan fingerprint density at radius 3 is 2.30 bits per heavy atom. The van der Waals surface area contributed by atoms with Gasteiger partial charge in [-0.15, -0.1) is 0 Å². The molecule has 220 valence electrons. The molecule has 5 rings (SSSR count). The van der Waals surface area contributed by atoms with Gasteiger partial charge >= 0.3 is 6.03 Å². The number of aromatic hydroxyl groups is 1. The highest BCUT2D eigenvalue weighted by atomic mass is 35.5. The number of aromatic nitrogens is 3. The first-order valence-electron chi connectivity index (χ1n) is 13.1. The molecule has 0 radical (unpaired) electrons. The van der Waals surface area contributed by atoms with E-state index in [2.05, 4.69) is 20.3 Å². The summed E-state index contributed by atoms with van der Waals surface area (Å²) in [6.07, 6.45) is 5.67. The summed E-state index contributed by atoms with van der Waals surface area (Å²) in [5, 5.41) is 21.1. The normalized spacial score (nSPS) is 11.3. The van der Waals surface area contributed by atoms with Crippen LogP contribution in [0.5, 0.6) is 5.75 Å². The summed E-state index contributed by atoms with van der Waals surface area (Å²) < 4.78 is 28.9. The van der Waals surface area contributed by atoms with Crippen LogP contribution in [0.25, 0.3) is 28.1 Å².